The van der Waals surface area contributed by atoms with Crippen LogP contribution in [0.1, 0.15) is 138 Å². The van der Waals surface area contributed by atoms with Gasteiger partial charge >= 0.3 is 5.51 Å². The Kier molecular flexibility index (Phi) is 30.7. The number of piperazine rings is 2. The van der Waals surface area contributed by atoms with Gasteiger partial charge in [0.25, 0.3) is 25.8 Å². The number of likely N-dealkylation sites (N-methyl/N-ethyl adjacent to an activating group) is 1. The van der Waals surface area contributed by atoms with Crippen LogP contribution in [0.25, 0.3) is 5.57 Å². The fraction of sp³-hybridized carbons (Fsp3) is 0.541. The molecule has 12 rings (SSSR count). The van der Waals surface area contributed by atoms with Gasteiger partial charge in [0.15, 0.2) is 0 Å². The van der Waals surface area contributed by atoms with Gasteiger partial charge in [-0.15, -0.1) is 16.9 Å². The summed E-state index contributed by atoms with van der Waals surface area (Å²) < 4.78 is 131. The second kappa shape index (κ2) is 40.6. The van der Waals surface area contributed by atoms with Crippen LogP contribution in [0.3, 0.4) is 0 Å². The number of anilines is 2. The average molecular weight is 1730 g/mol. The molecule has 6 unspecified atom stereocenters. The lowest BCUT2D eigenvalue weighted by molar-refractivity contribution is -0.150. The lowest BCUT2D eigenvalue weighted by atomic mass is 9.73. The fourth-order valence-corrected chi connectivity index (χ4v) is 19.5. The van der Waals surface area contributed by atoms with Gasteiger partial charge in [-0.05, 0) is 184 Å². The Bertz CT molecular complexity index is 4740. The molecule has 4 aliphatic heterocycles. The van der Waals surface area contributed by atoms with Crippen molar-refractivity contribution >= 4 is 89.7 Å². The molecule has 646 valence electrons. The van der Waals surface area contributed by atoms with E-state index in [1.54, 1.807) is 46.8 Å². The number of rotatable bonds is 37. The predicted molar refractivity (Wildman–Crippen MR) is 448 cm³/mol. The molecular weight excluding hydrogens is 1620 g/mol. The van der Waals surface area contributed by atoms with Gasteiger partial charge in [-0.25, -0.2) is 21.6 Å². The van der Waals surface area contributed by atoms with Crippen molar-refractivity contribution in [2.75, 3.05) is 135 Å². The minimum atomic E-state index is -6.17. The molecule has 6 aliphatic rings. The zero-order valence-corrected chi connectivity index (χ0v) is 71.7. The number of halogens is 4. The topological polar surface area (TPSA) is 307 Å². The summed E-state index contributed by atoms with van der Waals surface area (Å²) in [7, 11) is -9.43. The van der Waals surface area contributed by atoms with E-state index < -0.39 is 82.6 Å². The quantitative estimate of drug-likeness (QED) is 0.0179. The molecule has 0 saturated carbocycles. The van der Waals surface area contributed by atoms with Gasteiger partial charge in [-0.3, -0.25) is 38.5 Å². The monoisotopic (exact) mass is 1730 g/mol. The van der Waals surface area contributed by atoms with E-state index >= 15 is 0 Å². The van der Waals surface area contributed by atoms with Crippen LogP contribution in [-0.4, -0.2) is 241 Å². The van der Waals surface area contributed by atoms with Crippen LogP contribution in [0.15, 0.2) is 142 Å². The van der Waals surface area contributed by atoms with Crippen LogP contribution in [0.5, 0.6) is 5.75 Å². The molecule has 27 nitrogen and oxygen atoms in total. The van der Waals surface area contributed by atoms with Crippen LogP contribution in [0.2, 0.25) is 5.02 Å². The van der Waals surface area contributed by atoms with Crippen molar-refractivity contribution in [1.29, 1.82) is 0 Å². The van der Waals surface area contributed by atoms with Crippen LogP contribution >= 0.6 is 23.4 Å². The summed E-state index contributed by atoms with van der Waals surface area (Å²) in [4.78, 5) is 77.0. The molecular formula is C85H111ClF3N13O14S3. The Morgan fingerprint density at radius 2 is 1.48 bits per heavy atom. The number of sulfone groups is 1. The summed E-state index contributed by atoms with van der Waals surface area (Å²) >= 11 is 7.64. The van der Waals surface area contributed by atoms with Gasteiger partial charge in [0.1, 0.15) is 41.3 Å². The molecule has 0 bridgehead atoms. The van der Waals surface area contributed by atoms with Gasteiger partial charge in [0.2, 0.25) is 23.6 Å². The zero-order valence-electron chi connectivity index (χ0n) is 68.5. The van der Waals surface area contributed by atoms with Gasteiger partial charge in [-0.1, -0.05) is 86.5 Å². The maximum atomic E-state index is 14.6. The molecule has 4 fully saturated rings. The molecule has 0 spiro atoms. The molecule has 2 aliphatic carbocycles. The van der Waals surface area contributed by atoms with Crippen LogP contribution < -0.4 is 35.6 Å². The number of sulfonamides is 1. The number of hydrogen-bond donors (Lipinski definition) is 5. The molecule has 5 heterocycles. The number of nitrogens with one attached hydrogen (secondary N) is 5. The number of carbonyl (C=O) groups is 5. The Morgan fingerprint density at radius 1 is 0.773 bits per heavy atom. The molecule has 6 atom stereocenters. The first-order chi connectivity index (χ1) is 56.9. The van der Waals surface area contributed by atoms with E-state index in [1.807, 2.05) is 79.2 Å². The Labute approximate surface area is 704 Å². The summed E-state index contributed by atoms with van der Waals surface area (Å²) in [5.41, 5.74) is 0.833. The Morgan fingerprint density at radius 3 is 2.19 bits per heavy atom. The SMILES string of the molecule is CNC(C)C(=O)NC1CCOC2CC(C)(C)C(C(=O)NC3CCCc4cc(OCCOCCOCCOCc5cn(CCCC(=O)N6CCN(CCC(CSc7ccccc7)Nc7ccc(S(=O)(=O)NC(=O)c8ccc(N9CCN(CC%10=C(c%11ccc(Cl)cc%11)CCC(C)(C)C%10)CC9)cc8)cc7S(=O)(=O)C(F)(F)F)CC6)nn5)ccc43)N2C1=O. The number of fused-ring (bicyclic) bond motifs is 2. The predicted octanol–water partition coefficient (Wildman–Crippen LogP) is 10.3. The van der Waals surface area contributed by atoms with Crippen molar-refractivity contribution in [3.8, 4) is 5.75 Å². The van der Waals surface area contributed by atoms with E-state index in [9.17, 15) is 54.0 Å². The maximum absolute atomic E-state index is 14.6. The Balaban J connectivity index is 0.536. The molecule has 6 aromatic rings. The third-order valence-corrected chi connectivity index (χ3v) is 27.4. The first-order valence-corrected chi connectivity index (χ1v) is 45.3. The summed E-state index contributed by atoms with van der Waals surface area (Å²) in [6, 6.07) is 29.0. The van der Waals surface area contributed by atoms with Crippen LogP contribution in [0.4, 0.5) is 24.5 Å². The minimum absolute atomic E-state index is 0.0265. The first-order valence-electron chi connectivity index (χ1n) is 41.0. The number of ether oxygens (including phenoxy) is 5. The van der Waals surface area contributed by atoms with Crippen molar-refractivity contribution in [2.24, 2.45) is 10.8 Å². The van der Waals surface area contributed by atoms with Crippen LogP contribution in [0, 0.1) is 10.8 Å². The Hall–Kier alpha value is -8.22. The van der Waals surface area contributed by atoms with Crippen molar-refractivity contribution in [3.05, 3.63) is 160 Å². The molecule has 0 radical (unpaired) electrons. The molecule has 34 heteroatoms. The summed E-state index contributed by atoms with van der Waals surface area (Å²) in [5, 5.41) is 21.2. The number of benzene rings is 5. The van der Waals surface area contributed by atoms with Gasteiger partial charge < -0.3 is 59.7 Å². The number of aryl methyl sites for hydroxylation is 2. The minimum Gasteiger partial charge on any atom is -0.491 e. The summed E-state index contributed by atoms with van der Waals surface area (Å²) in [6.07, 6.45) is 8.63. The molecule has 5 aromatic carbocycles. The molecule has 5 N–H and O–H groups in total. The number of nitrogens with zero attached hydrogens (tertiary/aromatic N) is 8. The highest BCUT2D eigenvalue weighted by Crippen LogP contribution is 2.46. The van der Waals surface area contributed by atoms with E-state index in [2.05, 4.69) is 72.3 Å². The van der Waals surface area contributed by atoms with Gasteiger partial charge in [0.05, 0.1) is 75.1 Å². The number of amides is 5. The number of aromatic nitrogens is 3. The standard InChI is InChI=1S/C85H111ClF3N13O14S3/c1-58(90-6)79(104)93-74-31-43-116-77-53-84(4,5)78(102(77)82(74)107)81(106)92-72-15-10-12-61-50-67(25-27-71(61)72)115-49-48-113-45-44-112-46-47-114-56-65-55-101(96-94-65)33-11-16-76(103)100-41-35-97(36-42-100)34-30-64(57-117-68-13-8-7-9-14-68)91-73-28-26-69(51-75(73)118(108,109)85(87,88)89)119(110,111)95-80(105)60-19-23-66(24-20-60)99-39-37-98(38-40-99)54-62-52-83(2,3)32-29-70(62)59-17-21-63(86)22-18-59/h7-9,13-14,17-28,50-51,55,58,64,72,74,77-78,90-91H,10-12,15-16,29-49,52-54,56-57H2,1-6H3,(H,92,106)(H,93,104)(H,95,105). The average Bonchev–Trinajstić information content (AvgIpc) is 1.66. The summed E-state index contributed by atoms with van der Waals surface area (Å²) in [6.45, 7) is 19.4. The third kappa shape index (κ3) is 23.9. The first kappa shape index (κ1) is 90.0. The highest BCUT2D eigenvalue weighted by atomic mass is 35.5. The van der Waals surface area contributed by atoms with Gasteiger partial charge in [0, 0.05) is 118 Å². The van der Waals surface area contributed by atoms with E-state index in [1.165, 1.54) is 40.6 Å². The van der Waals surface area contributed by atoms with Gasteiger partial charge in [-0.2, -0.15) is 13.2 Å². The molecule has 5 amide bonds. The molecule has 1 aromatic heterocycles. The van der Waals surface area contributed by atoms with E-state index in [-0.39, 0.29) is 66.0 Å². The van der Waals surface area contributed by atoms with E-state index in [0.29, 0.717) is 140 Å². The fourth-order valence-electron chi connectivity index (χ4n) is 16.3. The second-order valence-corrected chi connectivity index (χ2v) is 37.9. The van der Waals surface area contributed by atoms with Crippen LogP contribution in [-0.2, 0) is 77.6 Å². The van der Waals surface area contributed by atoms with Crippen molar-refractivity contribution in [1.82, 2.24) is 55.3 Å². The third-order valence-electron chi connectivity index (χ3n) is 23.1. The highest BCUT2D eigenvalue weighted by molar-refractivity contribution is 7.99. The number of alkyl halides is 3. The van der Waals surface area contributed by atoms with E-state index in [0.717, 1.165) is 92.0 Å². The summed E-state index contributed by atoms with van der Waals surface area (Å²) in [5.74, 6) is -0.974. The number of allylic oxidation sites excluding steroid dienone is 1. The number of carbonyl (C=O) groups excluding carboxylic acids is 5. The molecule has 4 saturated heterocycles. The maximum Gasteiger partial charge on any atom is 0.501 e. The normalized spacial score (nSPS) is 20.4. The number of hydrogen-bond acceptors (Lipinski definition) is 22. The lowest BCUT2D eigenvalue weighted by Crippen LogP contribution is -2.58. The van der Waals surface area contributed by atoms with Crippen molar-refractivity contribution in [2.45, 2.75) is 175 Å². The van der Waals surface area contributed by atoms with Crippen molar-refractivity contribution < 1.29 is 77.7 Å². The van der Waals surface area contributed by atoms with Crippen molar-refractivity contribution in [3.63, 3.8) is 0 Å². The largest absolute Gasteiger partial charge is 0.501 e. The second-order valence-electron chi connectivity index (χ2n) is 32.8. The number of thioether (sulfide) groups is 1. The zero-order chi connectivity index (χ0) is 84.7. The smallest absolute Gasteiger partial charge is 0.491 e. The molecule has 119 heavy (non-hydrogen) atoms. The lowest BCUT2D eigenvalue weighted by Gasteiger charge is -2.39. The van der Waals surface area contributed by atoms with E-state index in [4.69, 9.17) is 35.3 Å². The highest BCUT2D eigenvalue weighted by Gasteiger charge is 2.56.